The number of nitrogens with zero attached hydrogens (tertiary/aromatic N) is 2. The molecule has 1 aliphatic heterocycles. The minimum absolute atomic E-state index is 0.137. The first-order chi connectivity index (χ1) is 10.3. The molecule has 124 valence electrons. The molecule has 2 rings (SSSR count). The third kappa shape index (κ3) is 4.68. The van der Waals surface area contributed by atoms with Gasteiger partial charge in [-0.05, 0) is 47.5 Å². The standard InChI is InChI=1S/C16H27N3O2S/c1-11-14(18-10-13-9-17-12(2)22-13)7-6-8-19(11)15(20)21-16(3,4)5/h9,11,14,18H,6-8,10H2,1-5H3. The Bertz CT molecular complexity index is 510. The second-order valence-electron chi connectivity index (χ2n) is 6.89. The van der Waals surface area contributed by atoms with Gasteiger partial charge in [0.2, 0.25) is 0 Å². The van der Waals surface area contributed by atoms with Crippen LogP contribution in [-0.2, 0) is 11.3 Å². The predicted octanol–water partition coefficient (Wildman–Crippen LogP) is 3.33. The van der Waals surface area contributed by atoms with Crippen LogP contribution in [0.5, 0.6) is 0 Å². The summed E-state index contributed by atoms with van der Waals surface area (Å²) >= 11 is 1.71. The number of thiazole rings is 1. The maximum Gasteiger partial charge on any atom is 0.410 e. The average molecular weight is 325 g/mol. The van der Waals surface area contributed by atoms with Gasteiger partial charge in [0, 0.05) is 36.2 Å². The lowest BCUT2D eigenvalue weighted by Gasteiger charge is -2.40. The van der Waals surface area contributed by atoms with Gasteiger partial charge in [-0.3, -0.25) is 0 Å². The van der Waals surface area contributed by atoms with Crippen LogP contribution in [0.2, 0.25) is 0 Å². The lowest BCUT2D eigenvalue weighted by atomic mass is 9.98. The number of hydrogen-bond acceptors (Lipinski definition) is 5. The van der Waals surface area contributed by atoms with Gasteiger partial charge < -0.3 is 15.0 Å². The van der Waals surface area contributed by atoms with E-state index in [-0.39, 0.29) is 12.1 Å². The molecule has 0 radical (unpaired) electrons. The van der Waals surface area contributed by atoms with E-state index in [4.69, 9.17) is 4.74 Å². The molecule has 22 heavy (non-hydrogen) atoms. The first-order valence-electron chi connectivity index (χ1n) is 7.90. The maximum absolute atomic E-state index is 12.3. The highest BCUT2D eigenvalue weighted by Crippen LogP contribution is 2.21. The fourth-order valence-corrected chi connectivity index (χ4v) is 3.46. The van der Waals surface area contributed by atoms with Gasteiger partial charge >= 0.3 is 6.09 Å². The zero-order chi connectivity index (χ0) is 16.3. The van der Waals surface area contributed by atoms with Gasteiger partial charge in [-0.15, -0.1) is 11.3 Å². The van der Waals surface area contributed by atoms with Crippen LogP contribution in [0.1, 0.15) is 50.4 Å². The van der Waals surface area contributed by atoms with Crippen molar-refractivity contribution in [3.05, 3.63) is 16.1 Å². The fraction of sp³-hybridized carbons (Fsp3) is 0.750. The summed E-state index contributed by atoms with van der Waals surface area (Å²) in [6, 6.07) is 0.432. The van der Waals surface area contributed by atoms with Crippen molar-refractivity contribution in [2.24, 2.45) is 0 Å². The molecule has 0 bridgehead atoms. The lowest BCUT2D eigenvalue weighted by Crippen LogP contribution is -2.55. The van der Waals surface area contributed by atoms with E-state index in [2.05, 4.69) is 17.2 Å². The van der Waals surface area contributed by atoms with Crippen molar-refractivity contribution in [3.63, 3.8) is 0 Å². The number of aryl methyl sites for hydroxylation is 1. The van der Waals surface area contributed by atoms with E-state index in [0.29, 0.717) is 6.04 Å². The van der Waals surface area contributed by atoms with Gasteiger partial charge in [0.1, 0.15) is 5.60 Å². The summed E-state index contributed by atoms with van der Waals surface area (Å²) in [5, 5.41) is 4.66. The van der Waals surface area contributed by atoms with E-state index < -0.39 is 5.60 Å². The van der Waals surface area contributed by atoms with Crippen LogP contribution in [0.15, 0.2) is 6.20 Å². The number of hydrogen-bond donors (Lipinski definition) is 1. The number of piperidine rings is 1. The molecule has 0 aromatic carbocycles. The van der Waals surface area contributed by atoms with Crippen LogP contribution < -0.4 is 5.32 Å². The third-order valence-corrected chi connectivity index (χ3v) is 4.74. The molecule has 2 atom stereocenters. The van der Waals surface area contributed by atoms with Gasteiger partial charge in [-0.25, -0.2) is 9.78 Å². The minimum atomic E-state index is -0.447. The van der Waals surface area contributed by atoms with Gasteiger partial charge in [0.25, 0.3) is 0 Å². The molecule has 2 unspecified atom stereocenters. The van der Waals surface area contributed by atoms with Crippen LogP contribution in [0.4, 0.5) is 4.79 Å². The molecule has 1 fully saturated rings. The van der Waals surface area contributed by atoms with Crippen molar-refractivity contribution < 1.29 is 9.53 Å². The highest BCUT2D eigenvalue weighted by Gasteiger charge is 2.33. The quantitative estimate of drug-likeness (QED) is 0.926. The van der Waals surface area contributed by atoms with Gasteiger partial charge in [-0.1, -0.05) is 0 Å². The minimum Gasteiger partial charge on any atom is -0.444 e. The molecule has 1 N–H and O–H groups in total. The van der Waals surface area contributed by atoms with Crippen LogP contribution >= 0.6 is 11.3 Å². The monoisotopic (exact) mass is 325 g/mol. The lowest BCUT2D eigenvalue weighted by molar-refractivity contribution is 0.00700. The van der Waals surface area contributed by atoms with E-state index in [1.165, 1.54) is 4.88 Å². The summed E-state index contributed by atoms with van der Waals surface area (Å²) in [4.78, 5) is 19.7. The maximum atomic E-state index is 12.3. The molecular weight excluding hydrogens is 298 g/mol. The normalized spacial score (nSPS) is 22.7. The average Bonchev–Trinajstić information content (AvgIpc) is 2.81. The molecule has 0 spiro atoms. The molecule has 0 aliphatic carbocycles. The zero-order valence-corrected chi connectivity index (χ0v) is 15.0. The second kappa shape index (κ2) is 6.96. The van der Waals surface area contributed by atoms with Crippen molar-refractivity contribution in [1.82, 2.24) is 15.2 Å². The summed E-state index contributed by atoms with van der Waals surface area (Å²) in [6.07, 6.45) is 3.80. The van der Waals surface area contributed by atoms with Crippen LogP contribution in [-0.4, -0.2) is 40.2 Å². The first kappa shape index (κ1) is 17.2. The van der Waals surface area contributed by atoms with Crippen LogP contribution in [0.25, 0.3) is 0 Å². The van der Waals surface area contributed by atoms with E-state index >= 15 is 0 Å². The highest BCUT2D eigenvalue weighted by molar-refractivity contribution is 7.11. The second-order valence-corrected chi connectivity index (χ2v) is 8.21. The SMILES string of the molecule is Cc1ncc(CNC2CCCN(C(=O)OC(C)(C)C)C2C)s1. The third-order valence-electron chi connectivity index (χ3n) is 3.82. The summed E-state index contributed by atoms with van der Waals surface area (Å²) in [6.45, 7) is 11.4. The van der Waals surface area contributed by atoms with Crippen molar-refractivity contribution in [1.29, 1.82) is 0 Å². The number of carbonyl (C=O) groups is 1. The Morgan fingerprint density at radius 1 is 1.55 bits per heavy atom. The Labute approximate surface area is 137 Å². The fourth-order valence-electron chi connectivity index (χ4n) is 2.71. The summed E-state index contributed by atoms with van der Waals surface area (Å²) in [7, 11) is 0. The summed E-state index contributed by atoms with van der Waals surface area (Å²) in [5.41, 5.74) is -0.447. The van der Waals surface area contributed by atoms with E-state index in [9.17, 15) is 4.79 Å². The van der Waals surface area contributed by atoms with Crippen LogP contribution in [0, 0.1) is 6.92 Å². The molecule has 6 heteroatoms. The molecule has 2 heterocycles. The Morgan fingerprint density at radius 3 is 2.86 bits per heavy atom. The largest absolute Gasteiger partial charge is 0.444 e. The first-order valence-corrected chi connectivity index (χ1v) is 8.72. The molecule has 1 saturated heterocycles. The zero-order valence-electron chi connectivity index (χ0n) is 14.2. The number of nitrogens with one attached hydrogen (secondary N) is 1. The topological polar surface area (TPSA) is 54.5 Å². The summed E-state index contributed by atoms with van der Waals surface area (Å²) in [5.74, 6) is 0. The summed E-state index contributed by atoms with van der Waals surface area (Å²) < 4.78 is 5.51. The Morgan fingerprint density at radius 2 is 2.27 bits per heavy atom. The Hall–Kier alpha value is -1.14. The van der Waals surface area contributed by atoms with Crippen molar-refractivity contribution in [2.45, 2.75) is 71.7 Å². The molecule has 1 amide bonds. The van der Waals surface area contributed by atoms with Gasteiger partial charge in [0.05, 0.1) is 5.01 Å². The number of ether oxygens (including phenoxy) is 1. The predicted molar refractivity (Wildman–Crippen MR) is 89.1 cm³/mol. The van der Waals surface area contributed by atoms with Gasteiger partial charge in [-0.2, -0.15) is 0 Å². The number of rotatable bonds is 3. The molecular formula is C16H27N3O2S. The molecule has 1 aliphatic rings. The Kier molecular flexibility index (Phi) is 5.45. The van der Waals surface area contributed by atoms with Crippen molar-refractivity contribution >= 4 is 17.4 Å². The van der Waals surface area contributed by atoms with Crippen molar-refractivity contribution in [3.8, 4) is 0 Å². The number of amides is 1. The number of aromatic nitrogens is 1. The van der Waals surface area contributed by atoms with E-state index in [1.807, 2.05) is 38.8 Å². The molecule has 0 saturated carbocycles. The number of carbonyl (C=O) groups excluding carboxylic acids is 1. The number of likely N-dealkylation sites (tertiary alicyclic amines) is 1. The van der Waals surface area contributed by atoms with Crippen LogP contribution in [0.3, 0.4) is 0 Å². The highest BCUT2D eigenvalue weighted by atomic mass is 32.1. The van der Waals surface area contributed by atoms with Crippen molar-refractivity contribution in [2.75, 3.05) is 6.54 Å². The smallest absolute Gasteiger partial charge is 0.410 e. The molecule has 1 aromatic rings. The molecule has 5 nitrogen and oxygen atoms in total. The van der Waals surface area contributed by atoms with E-state index in [0.717, 1.165) is 30.9 Å². The Balaban J connectivity index is 1.91. The van der Waals surface area contributed by atoms with Gasteiger partial charge in [0.15, 0.2) is 0 Å². The molecule has 1 aromatic heterocycles. The van der Waals surface area contributed by atoms with E-state index in [1.54, 1.807) is 11.3 Å².